The first-order chi connectivity index (χ1) is 10.9. The maximum Gasteiger partial charge on any atom is 0.176 e. The van der Waals surface area contributed by atoms with E-state index in [-0.39, 0.29) is 12.1 Å². The zero-order valence-electron chi connectivity index (χ0n) is 12.1. The van der Waals surface area contributed by atoms with Gasteiger partial charge in [0, 0.05) is 25.7 Å². The third kappa shape index (κ3) is 2.15. The van der Waals surface area contributed by atoms with Crippen molar-refractivity contribution in [1.82, 2.24) is 19.7 Å². The molecule has 3 aromatic rings. The largest absolute Gasteiger partial charge is 0.451 e. The molecule has 1 saturated heterocycles. The highest BCUT2D eigenvalue weighted by Gasteiger charge is 2.31. The lowest BCUT2D eigenvalue weighted by Gasteiger charge is -2.19. The van der Waals surface area contributed by atoms with Crippen LogP contribution in [0.25, 0.3) is 23.0 Å². The SMILES string of the molecule is CO[C@H]1COC[C@H]1n1ccnc1-c1ccc(-c2ccn[nH]2)o1. The third-order valence-corrected chi connectivity index (χ3v) is 3.92. The van der Waals surface area contributed by atoms with Crippen LogP contribution in [0.1, 0.15) is 6.04 Å². The van der Waals surface area contributed by atoms with Gasteiger partial charge in [0.2, 0.25) is 0 Å². The minimum absolute atomic E-state index is 0.0231. The number of hydrogen-bond donors (Lipinski definition) is 1. The minimum atomic E-state index is 0.0231. The molecule has 7 nitrogen and oxygen atoms in total. The predicted octanol–water partition coefficient (Wildman–Crippen LogP) is 2.12. The van der Waals surface area contributed by atoms with Gasteiger partial charge in [-0.2, -0.15) is 5.10 Å². The Kier molecular flexibility index (Phi) is 3.28. The molecule has 4 heterocycles. The van der Waals surface area contributed by atoms with Crippen molar-refractivity contribution in [2.24, 2.45) is 0 Å². The summed E-state index contributed by atoms with van der Waals surface area (Å²) in [7, 11) is 1.70. The van der Waals surface area contributed by atoms with E-state index in [1.54, 1.807) is 19.5 Å². The molecule has 0 unspecified atom stereocenters. The Bertz CT molecular complexity index is 747. The van der Waals surface area contributed by atoms with E-state index in [1.807, 2.05) is 24.4 Å². The van der Waals surface area contributed by atoms with Crippen LogP contribution in [0.5, 0.6) is 0 Å². The number of nitrogens with one attached hydrogen (secondary N) is 1. The topological polar surface area (TPSA) is 78.1 Å². The van der Waals surface area contributed by atoms with E-state index in [0.717, 1.165) is 17.3 Å². The van der Waals surface area contributed by atoms with E-state index in [2.05, 4.69) is 19.7 Å². The highest BCUT2D eigenvalue weighted by atomic mass is 16.5. The minimum Gasteiger partial charge on any atom is -0.451 e. The number of rotatable bonds is 4. The van der Waals surface area contributed by atoms with E-state index in [1.165, 1.54) is 0 Å². The van der Waals surface area contributed by atoms with Crippen LogP contribution in [0, 0.1) is 0 Å². The summed E-state index contributed by atoms with van der Waals surface area (Å²) in [4.78, 5) is 4.43. The van der Waals surface area contributed by atoms with E-state index in [0.29, 0.717) is 19.0 Å². The summed E-state index contributed by atoms with van der Waals surface area (Å²) in [5, 5.41) is 6.82. The van der Waals surface area contributed by atoms with Crippen LogP contribution >= 0.6 is 0 Å². The van der Waals surface area contributed by atoms with Crippen molar-refractivity contribution in [3.63, 3.8) is 0 Å². The van der Waals surface area contributed by atoms with Gasteiger partial charge in [-0.05, 0) is 18.2 Å². The summed E-state index contributed by atoms with van der Waals surface area (Å²) in [6, 6.07) is 5.78. The van der Waals surface area contributed by atoms with Gasteiger partial charge in [0.15, 0.2) is 17.3 Å². The lowest BCUT2D eigenvalue weighted by molar-refractivity contribution is 0.0687. The van der Waals surface area contributed by atoms with Crippen molar-refractivity contribution in [3.05, 3.63) is 36.8 Å². The fourth-order valence-corrected chi connectivity index (χ4v) is 2.78. The number of furan rings is 1. The van der Waals surface area contributed by atoms with Gasteiger partial charge >= 0.3 is 0 Å². The first kappa shape index (κ1) is 13.3. The van der Waals surface area contributed by atoms with E-state index < -0.39 is 0 Å². The summed E-state index contributed by atoms with van der Waals surface area (Å²) >= 11 is 0. The number of hydrogen-bond acceptors (Lipinski definition) is 5. The number of nitrogens with zero attached hydrogens (tertiary/aromatic N) is 3. The molecule has 1 aliphatic rings. The average molecular weight is 300 g/mol. The highest BCUT2D eigenvalue weighted by molar-refractivity contribution is 5.58. The molecule has 1 aliphatic heterocycles. The summed E-state index contributed by atoms with van der Waals surface area (Å²) in [6.07, 6.45) is 5.41. The van der Waals surface area contributed by atoms with Gasteiger partial charge in [-0.25, -0.2) is 4.98 Å². The zero-order chi connectivity index (χ0) is 14.9. The summed E-state index contributed by atoms with van der Waals surface area (Å²) in [5.74, 6) is 2.20. The summed E-state index contributed by atoms with van der Waals surface area (Å²) < 4.78 is 19.0. The van der Waals surface area contributed by atoms with Crippen molar-refractivity contribution in [1.29, 1.82) is 0 Å². The number of aromatic nitrogens is 4. The van der Waals surface area contributed by atoms with Crippen LogP contribution in [0.2, 0.25) is 0 Å². The van der Waals surface area contributed by atoms with Gasteiger partial charge < -0.3 is 18.5 Å². The molecule has 3 aromatic heterocycles. The van der Waals surface area contributed by atoms with Crippen LogP contribution in [0.15, 0.2) is 41.2 Å². The Labute approximate surface area is 126 Å². The molecule has 0 saturated carbocycles. The lowest BCUT2D eigenvalue weighted by Crippen LogP contribution is -2.24. The molecule has 1 fully saturated rings. The Morgan fingerprint density at radius 1 is 1.23 bits per heavy atom. The van der Waals surface area contributed by atoms with Crippen molar-refractivity contribution < 1.29 is 13.9 Å². The maximum absolute atomic E-state index is 5.91. The quantitative estimate of drug-likeness (QED) is 0.798. The Morgan fingerprint density at radius 2 is 2.14 bits per heavy atom. The van der Waals surface area contributed by atoms with Gasteiger partial charge in [0.05, 0.1) is 19.3 Å². The standard InChI is InChI=1S/C15H16N4O3/c1-20-14-9-21-8-11(14)19-7-6-16-15(19)13-3-2-12(22-13)10-4-5-17-18-10/h2-7,11,14H,8-9H2,1H3,(H,17,18)/t11-,14+/m1/s1. The van der Waals surface area contributed by atoms with Crippen LogP contribution in [0.4, 0.5) is 0 Å². The van der Waals surface area contributed by atoms with Gasteiger partial charge in [-0.15, -0.1) is 0 Å². The molecule has 22 heavy (non-hydrogen) atoms. The highest BCUT2D eigenvalue weighted by Crippen LogP contribution is 2.30. The first-order valence-corrected chi connectivity index (χ1v) is 7.10. The van der Waals surface area contributed by atoms with Crippen molar-refractivity contribution >= 4 is 0 Å². The molecule has 4 rings (SSSR count). The van der Waals surface area contributed by atoms with E-state index in [9.17, 15) is 0 Å². The Hall–Kier alpha value is -2.38. The molecule has 114 valence electrons. The fraction of sp³-hybridized carbons (Fsp3) is 0.333. The lowest BCUT2D eigenvalue weighted by atomic mass is 10.2. The molecule has 2 atom stereocenters. The molecule has 0 aromatic carbocycles. The fourth-order valence-electron chi connectivity index (χ4n) is 2.78. The molecule has 1 N–H and O–H groups in total. The van der Waals surface area contributed by atoms with Crippen LogP contribution in [-0.2, 0) is 9.47 Å². The van der Waals surface area contributed by atoms with Gasteiger partial charge in [0.25, 0.3) is 0 Å². The van der Waals surface area contributed by atoms with Gasteiger partial charge in [-0.3, -0.25) is 5.10 Å². The first-order valence-electron chi connectivity index (χ1n) is 7.10. The number of imidazole rings is 1. The van der Waals surface area contributed by atoms with E-state index in [4.69, 9.17) is 13.9 Å². The van der Waals surface area contributed by atoms with Crippen LogP contribution < -0.4 is 0 Å². The summed E-state index contributed by atoms with van der Waals surface area (Å²) in [5.41, 5.74) is 0.836. The molecule has 0 amide bonds. The second-order valence-electron chi connectivity index (χ2n) is 5.17. The second kappa shape index (κ2) is 5.43. The second-order valence-corrected chi connectivity index (χ2v) is 5.17. The number of methoxy groups -OCH3 is 1. The normalized spacial score (nSPS) is 21.5. The van der Waals surface area contributed by atoms with Gasteiger partial charge in [-0.1, -0.05) is 0 Å². The number of aromatic amines is 1. The maximum atomic E-state index is 5.91. The monoisotopic (exact) mass is 300 g/mol. The Balaban J connectivity index is 1.68. The molecule has 0 aliphatic carbocycles. The molecule has 0 bridgehead atoms. The third-order valence-electron chi connectivity index (χ3n) is 3.92. The van der Waals surface area contributed by atoms with Crippen molar-refractivity contribution in [2.45, 2.75) is 12.1 Å². The molecular formula is C15H16N4O3. The predicted molar refractivity (Wildman–Crippen MR) is 78.2 cm³/mol. The molecule has 0 spiro atoms. The Morgan fingerprint density at radius 3 is 2.95 bits per heavy atom. The summed E-state index contributed by atoms with van der Waals surface area (Å²) in [6.45, 7) is 1.20. The number of ether oxygens (including phenoxy) is 2. The van der Waals surface area contributed by atoms with Crippen LogP contribution in [0.3, 0.4) is 0 Å². The van der Waals surface area contributed by atoms with Gasteiger partial charge in [0.1, 0.15) is 11.8 Å². The molecular weight excluding hydrogens is 284 g/mol. The van der Waals surface area contributed by atoms with Crippen molar-refractivity contribution in [3.8, 4) is 23.0 Å². The zero-order valence-corrected chi connectivity index (χ0v) is 12.1. The molecule has 0 radical (unpaired) electrons. The van der Waals surface area contributed by atoms with Crippen molar-refractivity contribution in [2.75, 3.05) is 20.3 Å². The number of H-pyrrole nitrogens is 1. The average Bonchev–Trinajstić information content (AvgIpc) is 3.32. The smallest absolute Gasteiger partial charge is 0.176 e. The van der Waals surface area contributed by atoms with E-state index >= 15 is 0 Å². The molecule has 7 heteroatoms. The van der Waals surface area contributed by atoms with Crippen LogP contribution in [-0.4, -0.2) is 46.2 Å².